The number of rotatable bonds is 4. The third kappa shape index (κ3) is 3.12. The van der Waals surface area contributed by atoms with Crippen molar-refractivity contribution in [2.75, 3.05) is 25.0 Å². The molecule has 2 aromatic heterocycles. The largest absolute Gasteiger partial charge is 0.354 e. The van der Waals surface area contributed by atoms with Gasteiger partial charge in [-0.3, -0.25) is 0 Å². The highest BCUT2D eigenvalue weighted by molar-refractivity contribution is 5.85. The normalized spacial score (nSPS) is 19.3. The van der Waals surface area contributed by atoms with Crippen LogP contribution in [0.3, 0.4) is 0 Å². The Hall–Kier alpha value is -3.05. The summed E-state index contributed by atoms with van der Waals surface area (Å²) >= 11 is 0. The van der Waals surface area contributed by atoms with E-state index in [1.54, 1.807) is 0 Å². The van der Waals surface area contributed by atoms with Gasteiger partial charge in [-0.05, 0) is 38.4 Å². The number of fused-ring (bicyclic) bond motifs is 1. The lowest BCUT2D eigenvalue weighted by molar-refractivity contribution is 0.140. The highest BCUT2D eigenvalue weighted by Crippen LogP contribution is 2.39. The van der Waals surface area contributed by atoms with Crippen LogP contribution in [0.15, 0.2) is 30.3 Å². The van der Waals surface area contributed by atoms with Crippen molar-refractivity contribution in [1.82, 2.24) is 19.9 Å². The Morgan fingerprint density at radius 3 is 2.59 bits per heavy atom. The molecule has 8 heteroatoms. The highest BCUT2D eigenvalue weighted by Gasteiger charge is 2.36. The zero-order valence-electron chi connectivity index (χ0n) is 16.6. The summed E-state index contributed by atoms with van der Waals surface area (Å²) in [6.45, 7) is 5.40. The minimum absolute atomic E-state index is 0.103. The number of likely N-dealkylation sites (N-methyl/N-ethyl adjacent to an activating group) is 1. The summed E-state index contributed by atoms with van der Waals surface area (Å²) in [5, 5.41) is 17.2. The number of hydrogen-bond donors (Lipinski definition) is 1. The van der Waals surface area contributed by atoms with Gasteiger partial charge in [0.05, 0.1) is 0 Å². The second-order valence-corrected chi connectivity index (χ2v) is 7.66. The van der Waals surface area contributed by atoms with Crippen molar-refractivity contribution < 1.29 is 8.78 Å². The number of halogens is 2. The van der Waals surface area contributed by atoms with Gasteiger partial charge in [0, 0.05) is 24.2 Å². The van der Waals surface area contributed by atoms with E-state index in [1.165, 1.54) is 4.52 Å². The predicted octanol–water partition coefficient (Wildman–Crippen LogP) is 3.70. The molecule has 0 saturated carbocycles. The Morgan fingerprint density at radius 1 is 1.28 bits per heavy atom. The molecule has 29 heavy (non-hydrogen) atoms. The van der Waals surface area contributed by atoms with Crippen molar-refractivity contribution in [3.8, 4) is 17.2 Å². The maximum absolute atomic E-state index is 13.4. The number of aromatic nitrogens is 3. The third-order valence-electron chi connectivity index (χ3n) is 5.77. The third-order valence-corrected chi connectivity index (χ3v) is 5.77. The van der Waals surface area contributed by atoms with Gasteiger partial charge >= 0.3 is 0 Å². The van der Waals surface area contributed by atoms with Gasteiger partial charge in [0.1, 0.15) is 17.5 Å². The first-order valence-electron chi connectivity index (χ1n) is 9.49. The van der Waals surface area contributed by atoms with Crippen LogP contribution in [0, 0.1) is 18.3 Å². The number of alkyl halides is 2. The molecular formula is C21H22F2N6. The molecule has 3 aromatic rings. The van der Waals surface area contributed by atoms with Crippen molar-refractivity contribution in [3.05, 3.63) is 47.3 Å². The molecule has 1 fully saturated rings. The minimum atomic E-state index is -2.81. The van der Waals surface area contributed by atoms with Gasteiger partial charge in [0.25, 0.3) is 6.43 Å². The molecule has 0 unspecified atom stereocenters. The summed E-state index contributed by atoms with van der Waals surface area (Å²) in [5.41, 5.74) is 2.78. The monoisotopic (exact) mass is 396 g/mol. The molecule has 0 amide bonds. The summed E-state index contributed by atoms with van der Waals surface area (Å²) in [6.07, 6.45) is -1.91. The Morgan fingerprint density at radius 2 is 2.00 bits per heavy atom. The Kier molecular flexibility index (Phi) is 4.71. The summed E-state index contributed by atoms with van der Waals surface area (Å²) in [4.78, 5) is 6.15. The number of nitrogens with zero attached hydrogens (tertiary/aromatic N) is 5. The summed E-state index contributed by atoms with van der Waals surface area (Å²) < 4.78 is 28.2. The van der Waals surface area contributed by atoms with E-state index in [0.717, 1.165) is 24.1 Å². The van der Waals surface area contributed by atoms with Crippen LogP contribution in [-0.4, -0.2) is 40.3 Å². The van der Waals surface area contributed by atoms with Gasteiger partial charge in [-0.25, -0.2) is 13.8 Å². The van der Waals surface area contributed by atoms with Crippen LogP contribution in [0.5, 0.6) is 0 Å². The van der Waals surface area contributed by atoms with Crippen LogP contribution >= 0.6 is 0 Å². The van der Waals surface area contributed by atoms with Gasteiger partial charge < -0.3 is 10.2 Å². The molecule has 1 atom stereocenters. The molecule has 0 radical (unpaired) electrons. The number of pyridine rings is 1. The number of benzene rings is 1. The molecule has 1 aliphatic heterocycles. The van der Waals surface area contributed by atoms with Crippen molar-refractivity contribution in [1.29, 1.82) is 5.26 Å². The first-order chi connectivity index (χ1) is 13.9. The molecule has 6 nitrogen and oxygen atoms in total. The van der Waals surface area contributed by atoms with Crippen LogP contribution in [-0.2, 0) is 0 Å². The van der Waals surface area contributed by atoms with E-state index in [9.17, 15) is 14.0 Å². The van der Waals surface area contributed by atoms with Gasteiger partial charge in [0.2, 0.25) is 5.82 Å². The van der Waals surface area contributed by atoms with Gasteiger partial charge in [0.15, 0.2) is 5.65 Å². The smallest absolute Gasteiger partial charge is 0.299 e. The summed E-state index contributed by atoms with van der Waals surface area (Å²) in [5.74, 6) is 0.129. The van der Waals surface area contributed by atoms with Gasteiger partial charge in [-0.15, -0.1) is 5.10 Å². The maximum Gasteiger partial charge on any atom is 0.299 e. The summed E-state index contributed by atoms with van der Waals surface area (Å²) in [7, 11) is 1.92. The second-order valence-electron chi connectivity index (χ2n) is 7.66. The molecule has 0 spiro atoms. The van der Waals surface area contributed by atoms with Crippen molar-refractivity contribution in [2.24, 2.45) is 0 Å². The van der Waals surface area contributed by atoms with E-state index in [0.29, 0.717) is 17.9 Å². The average molecular weight is 396 g/mol. The molecule has 1 saturated heterocycles. The molecular weight excluding hydrogens is 374 g/mol. The zero-order chi connectivity index (χ0) is 20.8. The number of nitriles is 1. The first kappa shape index (κ1) is 19.3. The van der Waals surface area contributed by atoms with Crippen LogP contribution in [0.4, 0.5) is 14.6 Å². The molecule has 1 aromatic carbocycles. The minimum Gasteiger partial charge on any atom is -0.354 e. The number of nitrogens with one attached hydrogen (secondary N) is 1. The quantitative estimate of drug-likeness (QED) is 0.728. The average Bonchev–Trinajstić information content (AvgIpc) is 3.33. The van der Waals surface area contributed by atoms with Crippen molar-refractivity contribution in [3.63, 3.8) is 0 Å². The van der Waals surface area contributed by atoms with Crippen LogP contribution < -0.4 is 10.2 Å². The van der Waals surface area contributed by atoms with Gasteiger partial charge in [-0.1, -0.05) is 30.3 Å². The fraction of sp³-hybridized carbons (Fsp3) is 0.381. The molecule has 1 N–H and O–H groups in total. The SMILES string of the molecule is CN[C@@]1(C)CCN(c2c(-c3ccccc3)c(C)c(C#N)c3nc(C(F)F)nn23)C1. The maximum atomic E-state index is 13.4. The fourth-order valence-electron chi connectivity index (χ4n) is 4.02. The standard InChI is InChI=1S/C21H22F2N6/c1-13-15(11-24)19-26-18(17(22)23)27-29(19)20(16(13)14-7-5-4-6-8-14)28-10-9-21(2,12-28)25-3/h4-8,17,25H,9-10,12H2,1-3H3/t21-/m0/s1. The van der Waals surface area contributed by atoms with E-state index < -0.39 is 12.2 Å². The molecule has 0 aliphatic carbocycles. The van der Waals surface area contributed by atoms with Crippen LogP contribution in [0.2, 0.25) is 0 Å². The highest BCUT2D eigenvalue weighted by atomic mass is 19.3. The fourth-order valence-corrected chi connectivity index (χ4v) is 4.02. The van der Waals surface area contributed by atoms with Crippen LogP contribution in [0.25, 0.3) is 16.8 Å². The molecule has 3 heterocycles. The number of anilines is 1. The lowest BCUT2D eigenvalue weighted by atomic mass is 9.97. The zero-order valence-corrected chi connectivity index (χ0v) is 16.6. The number of hydrogen-bond acceptors (Lipinski definition) is 5. The Bertz CT molecular complexity index is 1100. The Balaban J connectivity index is 2.07. The summed E-state index contributed by atoms with van der Waals surface area (Å²) in [6, 6.07) is 11.8. The van der Waals surface area contributed by atoms with Crippen molar-refractivity contribution in [2.45, 2.75) is 32.2 Å². The van der Waals surface area contributed by atoms with E-state index in [2.05, 4.69) is 33.3 Å². The van der Waals surface area contributed by atoms with E-state index in [-0.39, 0.29) is 16.7 Å². The molecule has 0 bridgehead atoms. The lowest BCUT2D eigenvalue weighted by Crippen LogP contribution is -2.42. The molecule has 150 valence electrons. The second kappa shape index (κ2) is 7.08. The molecule has 1 aliphatic rings. The Labute approximate surface area is 167 Å². The van der Waals surface area contributed by atoms with E-state index >= 15 is 0 Å². The van der Waals surface area contributed by atoms with Crippen LogP contribution in [0.1, 0.15) is 36.7 Å². The lowest BCUT2D eigenvalue weighted by Gasteiger charge is -2.27. The first-order valence-corrected chi connectivity index (χ1v) is 9.49. The van der Waals surface area contributed by atoms with Gasteiger partial charge in [-0.2, -0.15) is 9.78 Å². The van der Waals surface area contributed by atoms with E-state index in [1.807, 2.05) is 44.3 Å². The van der Waals surface area contributed by atoms with E-state index in [4.69, 9.17) is 0 Å². The van der Waals surface area contributed by atoms with Crippen molar-refractivity contribution >= 4 is 11.5 Å². The predicted molar refractivity (Wildman–Crippen MR) is 107 cm³/mol. The molecule has 4 rings (SSSR count). The topological polar surface area (TPSA) is 69.2 Å².